The van der Waals surface area contributed by atoms with Crippen molar-refractivity contribution in [2.75, 3.05) is 50.0 Å². The summed E-state index contributed by atoms with van der Waals surface area (Å²) in [5.41, 5.74) is 10.5. The molecule has 2 fully saturated rings. The van der Waals surface area contributed by atoms with Crippen LogP contribution in [-0.4, -0.2) is 77.0 Å². The van der Waals surface area contributed by atoms with Crippen LogP contribution in [0.25, 0.3) is 16.6 Å². The Kier molecular flexibility index (Phi) is 8.81. The summed E-state index contributed by atoms with van der Waals surface area (Å²) in [4.78, 5) is 21.9. The summed E-state index contributed by atoms with van der Waals surface area (Å²) >= 11 is 0. The van der Waals surface area contributed by atoms with Gasteiger partial charge in [0, 0.05) is 43.1 Å². The number of fused-ring (bicyclic) bond motifs is 1. The third kappa shape index (κ3) is 6.35. The van der Waals surface area contributed by atoms with Crippen molar-refractivity contribution in [3.8, 4) is 22.9 Å². The molecule has 0 amide bonds. The average molecular weight is 653 g/mol. The van der Waals surface area contributed by atoms with Crippen LogP contribution in [0.3, 0.4) is 0 Å². The molecule has 4 heterocycles. The van der Waals surface area contributed by atoms with Crippen LogP contribution >= 0.6 is 0 Å². The highest BCUT2D eigenvalue weighted by atomic mass is 19.1. The maximum atomic E-state index is 14.1. The molecule has 2 aliphatic rings. The zero-order valence-corrected chi connectivity index (χ0v) is 27.5. The van der Waals surface area contributed by atoms with Gasteiger partial charge in [-0.15, -0.1) is 0 Å². The fraction of sp³-hybridized carbons (Fsp3) is 0.351. The minimum absolute atomic E-state index is 0.131. The number of hydrogen-bond donors (Lipinski definition) is 2. The monoisotopic (exact) mass is 652 g/mol. The van der Waals surface area contributed by atoms with E-state index in [1.807, 2.05) is 25.1 Å². The number of morpholine rings is 1. The van der Waals surface area contributed by atoms with Gasteiger partial charge in [0.1, 0.15) is 23.4 Å². The number of anilines is 2. The first-order valence-electron chi connectivity index (χ1n) is 16.6. The van der Waals surface area contributed by atoms with Crippen molar-refractivity contribution in [3.05, 3.63) is 89.5 Å². The molecule has 0 saturated carbocycles. The van der Waals surface area contributed by atoms with Gasteiger partial charge in [0.05, 0.1) is 42.0 Å². The highest BCUT2D eigenvalue weighted by molar-refractivity contribution is 6.12. The summed E-state index contributed by atoms with van der Waals surface area (Å²) in [6.45, 7) is 11.2. The SMILES string of the molecule is Cc1cc(-n2ncc(C(=O)c3cc4cc(OC5CCN(C(C)C)CC5)c(N5CCOCC5)cc4[nH]3)c2N)ccc1Oc1ccccc1F. The number of nitrogens with two attached hydrogens (primary N) is 1. The van der Waals surface area contributed by atoms with Crippen molar-refractivity contribution in [3.63, 3.8) is 0 Å². The standard InChI is InChI=1S/C37H41FN6O4/c1-23(2)42-12-10-27(11-13-42)47-35-20-25-19-31(41-30(25)21-32(35)43-14-16-46-17-15-43)36(45)28-22-40-44(37(28)39)26-8-9-33(24(3)18-26)48-34-7-5-4-6-29(34)38/h4-9,18-23,27,41H,10-17,39H2,1-3H3. The molecule has 250 valence electrons. The number of ketones is 1. The average Bonchev–Trinajstić information content (AvgIpc) is 3.69. The number of H-pyrrole nitrogens is 1. The lowest BCUT2D eigenvalue weighted by molar-refractivity contribution is 0.0840. The predicted octanol–water partition coefficient (Wildman–Crippen LogP) is 6.49. The molecule has 0 bridgehead atoms. The number of nitrogen functional groups attached to an aromatic ring is 1. The van der Waals surface area contributed by atoms with Crippen LogP contribution in [0.4, 0.5) is 15.9 Å². The fourth-order valence-electron chi connectivity index (χ4n) is 6.52. The Morgan fingerprint density at radius 1 is 1.00 bits per heavy atom. The third-order valence-electron chi connectivity index (χ3n) is 9.31. The number of likely N-dealkylation sites (tertiary alicyclic amines) is 1. The lowest BCUT2D eigenvalue weighted by atomic mass is 10.1. The first kappa shape index (κ1) is 31.7. The number of benzene rings is 3. The number of aromatic amines is 1. The van der Waals surface area contributed by atoms with Crippen LogP contribution in [0, 0.1) is 12.7 Å². The number of nitrogens with one attached hydrogen (secondary N) is 1. The van der Waals surface area contributed by atoms with Gasteiger partial charge in [-0.3, -0.25) is 4.79 Å². The smallest absolute Gasteiger partial charge is 0.214 e. The molecule has 2 saturated heterocycles. The zero-order chi connectivity index (χ0) is 33.4. The molecular weight excluding hydrogens is 611 g/mol. The molecule has 2 aromatic heterocycles. The quantitative estimate of drug-likeness (QED) is 0.174. The highest BCUT2D eigenvalue weighted by Gasteiger charge is 2.26. The molecule has 3 N–H and O–H groups in total. The summed E-state index contributed by atoms with van der Waals surface area (Å²) in [5.74, 6) is 0.983. The lowest BCUT2D eigenvalue weighted by Gasteiger charge is -2.36. The molecule has 0 atom stereocenters. The topological polar surface area (TPSA) is 111 Å². The van der Waals surface area contributed by atoms with Gasteiger partial charge in [0.25, 0.3) is 0 Å². The van der Waals surface area contributed by atoms with E-state index in [-0.39, 0.29) is 29.0 Å². The molecule has 48 heavy (non-hydrogen) atoms. The first-order chi connectivity index (χ1) is 23.2. The van der Waals surface area contributed by atoms with Gasteiger partial charge in [-0.05, 0) is 87.7 Å². The van der Waals surface area contributed by atoms with Gasteiger partial charge >= 0.3 is 0 Å². The van der Waals surface area contributed by atoms with Crippen LogP contribution in [0.15, 0.2) is 66.9 Å². The Labute approximate surface area is 279 Å². The van der Waals surface area contributed by atoms with Crippen LogP contribution in [0.2, 0.25) is 0 Å². The van der Waals surface area contributed by atoms with E-state index in [0.717, 1.165) is 66.9 Å². The molecule has 0 aliphatic carbocycles. The first-order valence-corrected chi connectivity index (χ1v) is 16.6. The highest BCUT2D eigenvalue weighted by Crippen LogP contribution is 2.37. The number of carbonyl (C=O) groups excluding carboxylic acids is 1. The van der Waals surface area contributed by atoms with E-state index in [0.29, 0.717) is 36.4 Å². The Morgan fingerprint density at radius 2 is 1.77 bits per heavy atom. The van der Waals surface area contributed by atoms with Crippen molar-refractivity contribution in [2.24, 2.45) is 0 Å². The maximum absolute atomic E-state index is 14.1. The van der Waals surface area contributed by atoms with E-state index < -0.39 is 5.82 Å². The number of ether oxygens (including phenoxy) is 3. The number of nitrogens with zero attached hydrogens (tertiary/aromatic N) is 4. The summed E-state index contributed by atoms with van der Waals surface area (Å²) in [6, 6.07) is 18.1. The second-order valence-corrected chi connectivity index (χ2v) is 12.8. The minimum Gasteiger partial charge on any atom is -0.488 e. The summed E-state index contributed by atoms with van der Waals surface area (Å²) in [7, 11) is 0. The van der Waals surface area contributed by atoms with Gasteiger partial charge in [-0.2, -0.15) is 5.10 Å². The van der Waals surface area contributed by atoms with E-state index >= 15 is 0 Å². The Bertz CT molecular complexity index is 1940. The molecule has 0 spiro atoms. The molecule has 7 rings (SSSR count). The van der Waals surface area contributed by atoms with E-state index in [9.17, 15) is 9.18 Å². The largest absolute Gasteiger partial charge is 0.488 e. The number of rotatable bonds is 9. The molecule has 11 heteroatoms. The number of aromatic nitrogens is 3. The maximum Gasteiger partial charge on any atom is 0.214 e. The van der Waals surface area contributed by atoms with Gasteiger partial charge in [-0.1, -0.05) is 12.1 Å². The van der Waals surface area contributed by atoms with E-state index in [1.165, 1.54) is 16.9 Å². The molecule has 3 aromatic carbocycles. The van der Waals surface area contributed by atoms with Crippen molar-refractivity contribution in [2.45, 2.75) is 45.8 Å². The number of hydrogen-bond acceptors (Lipinski definition) is 8. The van der Waals surface area contributed by atoms with E-state index in [4.69, 9.17) is 19.9 Å². The molecule has 10 nitrogen and oxygen atoms in total. The fourth-order valence-corrected chi connectivity index (χ4v) is 6.52. The van der Waals surface area contributed by atoms with Crippen molar-refractivity contribution in [1.82, 2.24) is 19.7 Å². The number of halogens is 1. The second-order valence-electron chi connectivity index (χ2n) is 12.8. The molecular formula is C37H41FN6O4. The van der Waals surface area contributed by atoms with Gasteiger partial charge in [-0.25, -0.2) is 9.07 Å². The summed E-state index contributed by atoms with van der Waals surface area (Å²) < 4.78 is 33.8. The van der Waals surface area contributed by atoms with Crippen LogP contribution < -0.4 is 20.1 Å². The van der Waals surface area contributed by atoms with Gasteiger partial charge in [0.2, 0.25) is 5.78 Å². The Hall–Kier alpha value is -4.87. The van der Waals surface area contributed by atoms with Crippen LogP contribution in [-0.2, 0) is 4.74 Å². The van der Waals surface area contributed by atoms with Gasteiger partial charge in [0.15, 0.2) is 11.6 Å². The summed E-state index contributed by atoms with van der Waals surface area (Å²) in [5, 5.41) is 5.33. The van der Waals surface area contributed by atoms with Gasteiger partial charge < -0.3 is 34.7 Å². The summed E-state index contributed by atoms with van der Waals surface area (Å²) in [6.07, 6.45) is 3.56. The Balaban J connectivity index is 1.14. The molecule has 0 radical (unpaired) electrons. The second kappa shape index (κ2) is 13.3. The normalized spacial score (nSPS) is 16.1. The van der Waals surface area contributed by atoms with E-state index in [1.54, 1.807) is 30.3 Å². The minimum atomic E-state index is -0.444. The van der Waals surface area contributed by atoms with Crippen LogP contribution in [0.1, 0.15) is 48.3 Å². The van der Waals surface area contributed by atoms with Crippen molar-refractivity contribution in [1.29, 1.82) is 0 Å². The lowest BCUT2D eigenvalue weighted by Crippen LogP contribution is -2.42. The zero-order valence-electron chi connectivity index (χ0n) is 27.5. The van der Waals surface area contributed by atoms with Crippen LogP contribution in [0.5, 0.6) is 17.2 Å². The molecule has 2 aliphatic heterocycles. The third-order valence-corrected chi connectivity index (χ3v) is 9.31. The Morgan fingerprint density at radius 3 is 2.50 bits per heavy atom. The number of carbonyl (C=O) groups is 1. The van der Waals surface area contributed by atoms with Crippen molar-refractivity contribution < 1.29 is 23.4 Å². The van der Waals surface area contributed by atoms with Crippen molar-refractivity contribution >= 4 is 28.2 Å². The molecule has 0 unspecified atom stereocenters. The number of piperidine rings is 1. The number of para-hydroxylation sites is 1. The molecule has 5 aromatic rings. The predicted molar refractivity (Wildman–Crippen MR) is 184 cm³/mol. The van der Waals surface area contributed by atoms with E-state index in [2.05, 4.69) is 39.8 Å². The number of aryl methyl sites for hydroxylation is 1.